The fourth-order valence-electron chi connectivity index (χ4n) is 2.81. The van der Waals surface area contributed by atoms with Crippen LogP contribution in [0.3, 0.4) is 0 Å². The van der Waals surface area contributed by atoms with Crippen molar-refractivity contribution >= 4 is 34.7 Å². The van der Waals surface area contributed by atoms with Gasteiger partial charge in [0.2, 0.25) is 0 Å². The standard InChI is InChI=1S/C18H22N6O2S/c1-10(2)24-12(4)16(11(3)21-24)20-17(25)13-9-15(23(5)22-13)19-18(26)14-7-6-8-27-14/h6-10H,1-5H3,(H,19,26)(H,20,25). The molecule has 0 atom stereocenters. The summed E-state index contributed by atoms with van der Waals surface area (Å²) in [6, 6.07) is 5.30. The number of hydrogen-bond donors (Lipinski definition) is 2. The zero-order chi connectivity index (χ0) is 19.7. The van der Waals surface area contributed by atoms with E-state index >= 15 is 0 Å². The number of anilines is 2. The highest BCUT2D eigenvalue weighted by atomic mass is 32.1. The maximum absolute atomic E-state index is 12.6. The van der Waals surface area contributed by atoms with Crippen LogP contribution in [0.25, 0.3) is 0 Å². The molecular formula is C18H22N6O2S. The molecule has 8 nitrogen and oxygen atoms in total. The van der Waals surface area contributed by atoms with Gasteiger partial charge >= 0.3 is 0 Å². The van der Waals surface area contributed by atoms with Crippen molar-refractivity contribution in [2.24, 2.45) is 7.05 Å². The molecule has 0 radical (unpaired) electrons. The molecule has 0 aliphatic heterocycles. The van der Waals surface area contributed by atoms with E-state index in [9.17, 15) is 9.59 Å². The first-order valence-corrected chi connectivity index (χ1v) is 9.41. The molecule has 0 unspecified atom stereocenters. The normalized spacial score (nSPS) is 11.0. The third-order valence-electron chi connectivity index (χ3n) is 4.15. The minimum absolute atomic E-state index is 0.197. The van der Waals surface area contributed by atoms with Crippen molar-refractivity contribution in [1.29, 1.82) is 0 Å². The van der Waals surface area contributed by atoms with Crippen LogP contribution in [-0.2, 0) is 7.05 Å². The summed E-state index contributed by atoms with van der Waals surface area (Å²) in [7, 11) is 1.67. The van der Waals surface area contributed by atoms with Crippen LogP contribution in [0.5, 0.6) is 0 Å². The second-order valence-electron chi connectivity index (χ2n) is 6.51. The van der Waals surface area contributed by atoms with E-state index in [2.05, 4.69) is 20.8 Å². The van der Waals surface area contributed by atoms with E-state index in [1.54, 1.807) is 19.2 Å². The summed E-state index contributed by atoms with van der Waals surface area (Å²) in [6.07, 6.45) is 0. The van der Waals surface area contributed by atoms with Crippen LogP contribution in [0.4, 0.5) is 11.5 Å². The summed E-state index contributed by atoms with van der Waals surface area (Å²) < 4.78 is 3.34. The van der Waals surface area contributed by atoms with Crippen LogP contribution in [0.2, 0.25) is 0 Å². The molecule has 0 saturated carbocycles. The summed E-state index contributed by atoms with van der Waals surface area (Å²) in [4.78, 5) is 25.4. The van der Waals surface area contributed by atoms with Crippen molar-refractivity contribution in [3.8, 4) is 0 Å². The highest BCUT2D eigenvalue weighted by Crippen LogP contribution is 2.23. The van der Waals surface area contributed by atoms with Crippen LogP contribution in [0.15, 0.2) is 23.6 Å². The lowest BCUT2D eigenvalue weighted by Crippen LogP contribution is -2.14. The molecule has 3 aromatic heterocycles. The predicted molar refractivity (Wildman–Crippen MR) is 106 cm³/mol. The molecule has 0 aliphatic carbocycles. The lowest BCUT2D eigenvalue weighted by molar-refractivity contribution is 0.101. The molecule has 0 aromatic carbocycles. The zero-order valence-corrected chi connectivity index (χ0v) is 16.7. The second-order valence-corrected chi connectivity index (χ2v) is 7.46. The topological polar surface area (TPSA) is 93.8 Å². The lowest BCUT2D eigenvalue weighted by atomic mass is 10.3. The molecule has 2 amide bonds. The lowest BCUT2D eigenvalue weighted by Gasteiger charge is -2.08. The molecule has 0 bridgehead atoms. The number of nitrogens with zero attached hydrogens (tertiary/aromatic N) is 4. The van der Waals surface area contributed by atoms with E-state index in [1.807, 2.05) is 43.8 Å². The first-order chi connectivity index (χ1) is 12.8. The number of nitrogens with one attached hydrogen (secondary N) is 2. The molecule has 0 fully saturated rings. The van der Waals surface area contributed by atoms with Gasteiger partial charge in [-0.25, -0.2) is 0 Å². The third kappa shape index (κ3) is 3.77. The van der Waals surface area contributed by atoms with Gasteiger partial charge in [-0.15, -0.1) is 11.3 Å². The molecule has 0 saturated heterocycles. The summed E-state index contributed by atoms with van der Waals surface area (Å²) in [6.45, 7) is 7.84. The smallest absolute Gasteiger partial charge is 0.276 e. The van der Waals surface area contributed by atoms with E-state index in [-0.39, 0.29) is 23.6 Å². The second kappa shape index (κ2) is 7.36. The van der Waals surface area contributed by atoms with Gasteiger partial charge in [-0.05, 0) is 39.1 Å². The van der Waals surface area contributed by atoms with Crippen molar-refractivity contribution < 1.29 is 9.59 Å². The van der Waals surface area contributed by atoms with Crippen molar-refractivity contribution in [3.63, 3.8) is 0 Å². The molecule has 9 heteroatoms. The van der Waals surface area contributed by atoms with E-state index < -0.39 is 0 Å². The van der Waals surface area contributed by atoms with E-state index in [4.69, 9.17) is 0 Å². The Morgan fingerprint density at radius 1 is 1.15 bits per heavy atom. The van der Waals surface area contributed by atoms with Crippen LogP contribution < -0.4 is 10.6 Å². The number of aromatic nitrogens is 4. The van der Waals surface area contributed by atoms with Gasteiger partial charge in [0.05, 0.1) is 22.0 Å². The molecule has 3 aromatic rings. The monoisotopic (exact) mass is 386 g/mol. The number of hydrogen-bond acceptors (Lipinski definition) is 5. The van der Waals surface area contributed by atoms with Crippen LogP contribution >= 0.6 is 11.3 Å². The minimum atomic E-state index is -0.350. The van der Waals surface area contributed by atoms with Crippen molar-refractivity contribution in [2.45, 2.75) is 33.7 Å². The van der Waals surface area contributed by atoms with Crippen LogP contribution in [-0.4, -0.2) is 31.4 Å². The summed E-state index contributed by atoms with van der Waals surface area (Å²) in [5.74, 6) is -0.133. The first kappa shape index (κ1) is 18.8. The third-order valence-corrected chi connectivity index (χ3v) is 5.02. The highest BCUT2D eigenvalue weighted by molar-refractivity contribution is 7.12. The SMILES string of the molecule is Cc1nn(C(C)C)c(C)c1NC(=O)c1cc(NC(=O)c2cccs2)n(C)n1. The predicted octanol–water partition coefficient (Wildman–Crippen LogP) is 3.38. The summed E-state index contributed by atoms with van der Waals surface area (Å²) in [5, 5.41) is 16.2. The average Bonchev–Trinajstić information content (AvgIpc) is 3.32. The van der Waals surface area contributed by atoms with E-state index in [0.717, 1.165) is 11.4 Å². The Balaban J connectivity index is 1.78. The van der Waals surface area contributed by atoms with Gasteiger partial charge in [-0.3, -0.25) is 19.0 Å². The van der Waals surface area contributed by atoms with E-state index in [0.29, 0.717) is 16.4 Å². The fourth-order valence-corrected chi connectivity index (χ4v) is 3.42. The van der Waals surface area contributed by atoms with E-state index in [1.165, 1.54) is 16.0 Å². The van der Waals surface area contributed by atoms with Crippen LogP contribution in [0.1, 0.15) is 51.4 Å². The molecule has 0 spiro atoms. The number of thiophene rings is 1. The highest BCUT2D eigenvalue weighted by Gasteiger charge is 2.20. The van der Waals surface area contributed by atoms with Crippen molar-refractivity contribution in [3.05, 3.63) is 45.5 Å². The Kier molecular flexibility index (Phi) is 5.13. The van der Waals surface area contributed by atoms with Gasteiger partial charge in [0, 0.05) is 19.2 Å². The molecule has 2 N–H and O–H groups in total. The number of carbonyl (C=O) groups excluding carboxylic acids is 2. The molecule has 0 aliphatic rings. The first-order valence-electron chi connectivity index (χ1n) is 8.54. The number of aryl methyl sites for hydroxylation is 2. The summed E-state index contributed by atoms with van der Waals surface area (Å²) in [5.41, 5.74) is 2.54. The number of amides is 2. The maximum atomic E-state index is 12.6. The van der Waals surface area contributed by atoms with Gasteiger partial charge < -0.3 is 10.6 Å². The Morgan fingerprint density at radius 2 is 1.89 bits per heavy atom. The zero-order valence-electron chi connectivity index (χ0n) is 15.9. The summed E-state index contributed by atoms with van der Waals surface area (Å²) >= 11 is 1.35. The Hall–Kier alpha value is -2.94. The van der Waals surface area contributed by atoms with Gasteiger partial charge in [0.15, 0.2) is 5.69 Å². The molecule has 142 valence electrons. The van der Waals surface area contributed by atoms with Gasteiger partial charge in [0.25, 0.3) is 11.8 Å². The van der Waals surface area contributed by atoms with Crippen molar-refractivity contribution in [2.75, 3.05) is 10.6 Å². The molecule has 3 rings (SSSR count). The molecule has 27 heavy (non-hydrogen) atoms. The number of carbonyl (C=O) groups is 2. The van der Waals surface area contributed by atoms with Gasteiger partial charge in [0.1, 0.15) is 5.82 Å². The van der Waals surface area contributed by atoms with Gasteiger partial charge in [-0.2, -0.15) is 10.2 Å². The minimum Gasteiger partial charge on any atom is -0.317 e. The largest absolute Gasteiger partial charge is 0.317 e. The quantitative estimate of drug-likeness (QED) is 0.703. The maximum Gasteiger partial charge on any atom is 0.276 e. The molecule has 3 heterocycles. The van der Waals surface area contributed by atoms with Crippen LogP contribution in [0, 0.1) is 13.8 Å². The average molecular weight is 386 g/mol. The van der Waals surface area contributed by atoms with Crippen molar-refractivity contribution in [1.82, 2.24) is 19.6 Å². The molecular weight excluding hydrogens is 364 g/mol. The number of rotatable bonds is 5. The Labute approximate surface area is 161 Å². The Bertz CT molecular complexity index is 984. The Morgan fingerprint density at radius 3 is 2.48 bits per heavy atom. The van der Waals surface area contributed by atoms with Gasteiger partial charge in [-0.1, -0.05) is 6.07 Å². The fraction of sp³-hybridized carbons (Fsp3) is 0.333.